The average Bonchev–Trinajstić information content (AvgIpc) is 3.17. The van der Waals surface area contributed by atoms with Gasteiger partial charge in [-0.05, 0) is 29.8 Å². The van der Waals surface area contributed by atoms with Crippen molar-refractivity contribution >= 4 is 17.5 Å². The van der Waals surface area contributed by atoms with Gasteiger partial charge >= 0.3 is 0 Å². The van der Waals surface area contributed by atoms with Gasteiger partial charge in [-0.25, -0.2) is 0 Å². The van der Waals surface area contributed by atoms with Gasteiger partial charge in [-0.15, -0.1) is 0 Å². The van der Waals surface area contributed by atoms with Gasteiger partial charge in [0.05, 0.1) is 18.8 Å². The largest absolute Gasteiger partial charge is 0.504 e. The number of H-pyrrole nitrogens is 1. The van der Waals surface area contributed by atoms with Crippen LogP contribution in [0.3, 0.4) is 0 Å². The molecule has 2 aromatic carbocycles. The van der Waals surface area contributed by atoms with E-state index in [0.29, 0.717) is 22.2 Å². The van der Waals surface area contributed by atoms with E-state index in [1.165, 1.54) is 7.11 Å². The molecule has 1 amide bonds. The van der Waals surface area contributed by atoms with E-state index in [2.05, 4.69) is 10.2 Å². The van der Waals surface area contributed by atoms with Gasteiger partial charge in [0.1, 0.15) is 5.69 Å². The molecule has 0 saturated heterocycles. The SMILES string of the molecule is COc1cc(C2c3c(-c4ccc(Cl)cc4)n[nH]c3C(=O)N2C)ccc1O. The van der Waals surface area contributed by atoms with E-state index < -0.39 is 0 Å². The first-order valence-corrected chi connectivity index (χ1v) is 8.37. The number of methoxy groups -OCH3 is 1. The lowest BCUT2D eigenvalue weighted by Crippen LogP contribution is -2.24. The zero-order chi connectivity index (χ0) is 18.4. The van der Waals surface area contributed by atoms with Gasteiger partial charge in [-0.2, -0.15) is 5.10 Å². The van der Waals surface area contributed by atoms with Crippen LogP contribution in [0.5, 0.6) is 11.5 Å². The Morgan fingerprint density at radius 1 is 1.23 bits per heavy atom. The minimum Gasteiger partial charge on any atom is -0.504 e. The van der Waals surface area contributed by atoms with Crippen LogP contribution in [0.1, 0.15) is 27.7 Å². The number of phenols is 1. The van der Waals surface area contributed by atoms with Crippen LogP contribution in [0, 0.1) is 0 Å². The summed E-state index contributed by atoms with van der Waals surface area (Å²) in [6.45, 7) is 0. The summed E-state index contributed by atoms with van der Waals surface area (Å²) >= 11 is 5.98. The monoisotopic (exact) mass is 369 g/mol. The van der Waals surface area contributed by atoms with Crippen LogP contribution >= 0.6 is 11.6 Å². The Balaban J connectivity index is 1.88. The van der Waals surface area contributed by atoms with Crippen molar-refractivity contribution in [2.24, 2.45) is 0 Å². The number of amides is 1. The molecule has 0 saturated carbocycles. The molecule has 1 aromatic heterocycles. The number of benzene rings is 2. The second kappa shape index (κ2) is 6.07. The van der Waals surface area contributed by atoms with Crippen molar-refractivity contribution in [1.29, 1.82) is 0 Å². The van der Waals surface area contributed by atoms with Crippen molar-refractivity contribution < 1.29 is 14.6 Å². The van der Waals surface area contributed by atoms with Crippen LogP contribution in [0.4, 0.5) is 0 Å². The Bertz CT molecular complexity index is 998. The minimum atomic E-state index is -0.337. The Labute approximate surface area is 155 Å². The van der Waals surface area contributed by atoms with E-state index in [0.717, 1.165) is 16.7 Å². The zero-order valence-electron chi connectivity index (χ0n) is 14.2. The van der Waals surface area contributed by atoms with Crippen LogP contribution in [0.15, 0.2) is 42.5 Å². The molecule has 1 aliphatic rings. The van der Waals surface area contributed by atoms with E-state index in [4.69, 9.17) is 16.3 Å². The summed E-state index contributed by atoms with van der Waals surface area (Å²) in [5, 5.41) is 17.7. The number of nitrogens with one attached hydrogen (secondary N) is 1. The number of fused-ring (bicyclic) bond motifs is 1. The maximum atomic E-state index is 12.7. The maximum absolute atomic E-state index is 12.7. The second-order valence-corrected chi connectivity index (χ2v) is 6.55. The zero-order valence-corrected chi connectivity index (χ0v) is 14.9. The number of hydrogen-bond donors (Lipinski definition) is 2. The molecule has 1 atom stereocenters. The van der Waals surface area contributed by atoms with E-state index in [9.17, 15) is 9.90 Å². The van der Waals surface area contributed by atoms with E-state index in [-0.39, 0.29) is 17.7 Å². The highest BCUT2D eigenvalue weighted by Gasteiger charge is 2.40. The van der Waals surface area contributed by atoms with Gasteiger partial charge in [0.2, 0.25) is 0 Å². The van der Waals surface area contributed by atoms with Crippen LogP contribution in [-0.4, -0.2) is 40.3 Å². The first-order valence-electron chi connectivity index (χ1n) is 7.99. The van der Waals surface area contributed by atoms with Crippen molar-refractivity contribution in [1.82, 2.24) is 15.1 Å². The molecule has 132 valence electrons. The molecular formula is C19H16ClN3O3. The van der Waals surface area contributed by atoms with Crippen LogP contribution in [-0.2, 0) is 0 Å². The molecule has 6 nitrogen and oxygen atoms in total. The molecule has 26 heavy (non-hydrogen) atoms. The first kappa shape index (κ1) is 16.5. The van der Waals surface area contributed by atoms with Crippen LogP contribution < -0.4 is 4.74 Å². The Morgan fingerprint density at radius 2 is 1.96 bits per heavy atom. The molecular weight excluding hydrogens is 354 g/mol. The molecule has 3 aromatic rings. The summed E-state index contributed by atoms with van der Waals surface area (Å²) in [7, 11) is 3.23. The summed E-state index contributed by atoms with van der Waals surface area (Å²) < 4.78 is 5.21. The lowest BCUT2D eigenvalue weighted by molar-refractivity contribution is 0.0787. The lowest BCUT2D eigenvalue weighted by Gasteiger charge is -2.22. The number of nitrogens with zero attached hydrogens (tertiary/aromatic N) is 2. The van der Waals surface area contributed by atoms with Crippen molar-refractivity contribution in [3.05, 3.63) is 64.3 Å². The van der Waals surface area contributed by atoms with Gasteiger partial charge in [-0.3, -0.25) is 9.89 Å². The normalized spacial score (nSPS) is 16.0. The fourth-order valence-corrected chi connectivity index (χ4v) is 3.48. The van der Waals surface area contributed by atoms with Gasteiger partial charge in [0.25, 0.3) is 5.91 Å². The molecule has 4 rings (SSSR count). The highest BCUT2D eigenvalue weighted by molar-refractivity contribution is 6.30. The topological polar surface area (TPSA) is 78.5 Å². The lowest BCUT2D eigenvalue weighted by atomic mass is 9.96. The highest BCUT2D eigenvalue weighted by atomic mass is 35.5. The fraction of sp³-hybridized carbons (Fsp3) is 0.158. The van der Waals surface area contributed by atoms with Crippen molar-refractivity contribution in [2.75, 3.05) is 14.2 Å². The number of aromatic hydroxyl groups is 1. The molecule has 0 aliphatic carbocycles. The molecule has 0 bridgehead atoms. The van der Waals surface area contributed by atoms with E-state index >= 15 is 0 Å². The summed E-state index contributed by atoms with van der Waals surface area (Å²) in [6, 6.07) is 12.1. The summed E-state index contributed by atoms with van der Waals surface area (Å²) in [5.41, 5.74) is 3.66. The Hall–Kier alpha value is -2.99. The number of rotatable bonds is 3. The third-order valence-corrected chi connectivity index (χ3v) is 4.89. The second-order valence-electron chi connectivity index (χ2n) is 6.12. The number of ether oxygens (including phenoxy) is 1. The van der Waals surface area contributed by atoms with E-state index in [1.54, 1.807) is 42.3 Å². The minimum absolute atomic E-state index is 0.0496. The number of carbonyl (C=O) groups excluding carboxylic acids is 1. The number of halogens is 1. The van der Waals surface area contributed by atoms with Crippen LogP contribution in [0.2, 0.25) is 5.02 Å². The maximum Gasteiger partial charge on any atom is 0.272 e. The third-order valence-electron chi connectivity index (χ3n) is 4.64. The molecule has 1 aliphatic heterocycles. The number of hydrogen-bond acceptors (Lipinski definition) is 4. The first-order chi connectivity index (χ1) is 12.5. The number of aromatic nitrogens is 2. The van der Waals surface area contributed by atoms with Gasteiger partial charge < -0.3 is 14.7 Å². The third kappa shape index (κ3) is 2.42. The summed E-state index contributed by atoms with van der Waals surface area (Å²) in [6.07, 6.45) is 0. The number of phenolic OH excluding ortho intramolecular Hbond substituents is 1. The molecule has 1 unspecified atom stereocenters. The molecule has 0 spiro atoms. The molecule has 2 heterocycles. The predicted molar refractivity (Wildman–Crippen MR) is 97.6 cm³/mol. The summed E-state index contributed by atoms with van der Waals surface area (Å²) in [4.78, 5) is 14.3. The van der Waals surface area contributed by atoms with Crippen molar-refractivity contribution in [2.45, 2.75) is 6.04 Å². The summed E-state index contributed by atoms with van der Waals surface area (Å²) in [5.74, 6) is 0.270. The molecule has 2 N–H and O–H groups in total. The predicted octanol–water partition coefficient (Wildman–Crippen LogP) is 3.62. The number of carbonyl (C=O) groups is 1. The molecule has 7 heteroatoms. The molecule has 0 fully saturated rings. The average molecular weight is 370 g/mol. The smallest absolute Gasteiger partial charge is 0.272 e. The van der Waals surface area contributed by atoms with Crippen molar-refractivity contribution in [3.8, 4) is 22.8 Å². The van der Waals surface area contributed by atoms with Crippen LogP contribution in [0.25, 0.3) is 11.3 Å². The quantitative estimate of drug-likeness (QED) is 0.739. The highest BCUT2D eigenvalue weighted by Crippen LogP contribution is 2.43. The van der Waals surface area contributed by atoms with Crippen molar-refractivity contribution in [3.63, 3.8) is 0 Å². The number of aromatic amines is 1. The van der Waals surface area contributed by atoms with Gasteiger partial charge in [0.15, 0.2) is 11.5 Å². The van der Waals surface area contributed by atoms with E-state index in [1.807, 2.05) is 12.1 Å². The molecule has 0 radical (unpaired) electrons. The van der Waals surface area contributed by atoms with Gasteiger partial charge in [0, 0.05) is 23.2 Å². The van der Waals surface area contributed by atoms with Gasteiger partial charge in [-0.1, -0.05) is 29.8 Å². The standard InChI is InChI=1S/C19H16ClN3O3/c1-23-18(11-5-8-13(24)14(9-11)26-2)15-16(21-22-17(15)19(23)25)10-3-6-12(20)7-4-10/h3-9,18,24H,1-2H3,(H,21,22). The Kier molecular flexibility index (Phi) is 3.85. The fourth-order valence-electron chi connectivity index (χ4n) is 3.35. The Morgan fingerprint density at radius 3 is 2.65 bits per heavy atom.